The van der Waals surface area contributed by atoms with E-state index in [1.165, 1.54) is 0 Å². The normalized spacial score (nSPS) is 10.5. The van der Waals surface area contributed by atoms with Crippen LogP contribution in [0, 0.1) is 6.92 Å². The van der Waals surface area contributed by atoms with Crippen LogP contribution in [-0.2, 0) is 11.2 Å². The molecular formula is C22H24N2O5. The number of aryl methyl sites for hydroxylation is 1. The quantitative estimate of drug-likeness (QED) is 0.603. The first-order chi connectivity index (χ1) is 14.0. The molecule has 7 heteroatoms. The van der Waals surface area contributed by atoms with Gasteiger partial charge in [-0.1, -0.05) is 12.1 Å². The molecule has 0 aliphatic carbocycles. The Morgan fingerprint density at radius 2 is 1.69 bits per heavy atom. The van der Waals surface area contributed by atoms with Gasteiger partial charge < -0.3 is 23.5 Å². The summed E-state index contributed by atoms with van der Waals surface area (Å²) in [7, 11) is 6.43. The molecule has 0 aliphatic heterocycles. The first-order valence-electron chi connectivity index (χ1n) is 9.06. The highest BCUT2D eigenvalue weighted by atomic mass is 16.5. The largest absolute Gasteiger partial charge is 0.496 e. The number of ether oxygens (including phenoxy) is 3. The number of carbonyl (C=O) groups excluding carboxylic acids is 1. The maximum absolute atomic E-state index is 12.8. The van der Waals surface area contributed by atoms with Gasteiger partial charge in [0, 0.05) is 18.8 Å². The first kappa shape index (κ1) is 20.3. The van der Waals surface area contributed by atoms with Gasteiger partial charge in [0.1, 0.15) is 11.5 Å². The van der Waals surface area contributed by atoms with Crippen LogP contribution in [0.1, 0.15) is 11.5 Å². The molecule has 1 amide bonds. The summed E-state index contributed by atoms with van der Waals surface area (Å²) in [6, 6.07) is 12.8. The predicted octanol–water partition coefficient (Wildman–Crippen LogP) is 3.88. The lowest BCUT2D eigenvalue weighted by Gasteiger charge is -2.18. The van der Waals surface area contributed by atoms with Gasteiger partial charge in [-0.05, 0) is 31.2 Å². The van der Waals surface area contributed by atoms with Gasteiger partial charge in [-0.25, -0.2) is 4.98 Å². The van der Waals surface area contributed by atoms with E-state index in [2.05, 4.69) is 4.98 Å². The highest BCUT2D eigenvalue weighted by Gasteiger charge is 2.20. The van der Waals surface area contributed by atoms with Crippen molar-refractivity contribution in [2.24, 2.45) is 0 Å². The van der Waals surface area contributed by atoms with Gasteiger partial charge >= 0.3 is 0 Å². The zero-order valence-electron chi connectivity index (χ0n) is 17.2. The van der Waals surface area contributed by atoms with Gasteiger partial charge in [0.05, 0.1) is 39.0 Å². The highest BCUT2D eigenvalue weighted by molar-refractivity contribution is 5.94. The monoisotopic (exact) mass is 396 g/mol. The standard InChI is InChI=1S/C22H24N2O5/c1-14-17(23-22(29-14)16-8-6-7-9-18(16)26-3)13-21(25)24(2)15-10-11-19(27-4)20(12-15)28-5/h6-12H,13H2,1-5H3. The molecule has 0 spiro atoms. The number of methoxy groups -OCH3 is 3. The topological polar surface area (TPSA) is 74.0 Å². The van der Waals surface area contributed by atoms with Crippen LogP contribution in [0.5, 0.6) is 17.2 Å². The molecule has 3 rings (SSSR count). The van der Waals surface area contributed by atoms with E-state index in [-0.39, 0.29) is 12.3 Å². The molecule has 0 saturated heterocycles. The van der Waals surface area contributed by atoms with Crippen molar-refractivity contribution >= 4 is 11.6 Å². The van der Waals surface area contributed by atoms with E-state index in [0.29, 0.717) is 40.3 Å². The van der Waals surface area contributed by atoms with Crippen molar-refractivity contribution in [2.75, 3.05) is 33.3 Å². The van der Waals surface area contributed by atoms with Gasteiger partial charge in [0.15, 0.2) is 11.5 Å². The molecule has 152 valence electrons. The number of likely N-dealkylation sites (N-methyl/N-ethyl adjacent to an activating group) is 1. The fraction of sp³-hybridized carbons (Fsp3) is 0.273. The van der Waals surface area contributed by atoms with Gasteiger partial charge in [-0.3, -0.25) is 4.79 Å². The minimum Gasteiger partial charge on any atom is -0.496 e. The molecule has 2 aromatic carbocycles. The van der Waals surface area contributed by atoms with Gasteiger partial charge in [-0.15, -0.1) is 0 Å². The first-order valence-corrected chi connectivity index (χ1v) is 9.06. The third-order valence-electron chi connectivity index (χ3n) is 4.68. The Morgan fingerprint density at radius 1 is 1.00 bits per heavy atom. The Labute approximate surface area is 169 Å². The minimum absolute atomic E-state index is 0.106. The predicted molar refractivity (Wildman–Crippen MR) is 110 cm³/mol. The van der Waals surface area contributed by atoms with Crippen molar-refractivity contribution in [3.05, 3.63) is 53.9 Å². The average molecular weight is 396 g/mol. The number of benzene rings is 2. The number of amides is 1. The number of rotatable bonds is 7. The van der Waals surface area contributed by atoms with E-state index < -0.39 is 0 Å². The fourth-order valence-corrected chi connectivity index (χ4v) is 2.97. The van der Waals surface area contributed by atoms with Crippen LogP contribution in [-0.4, -0.2) is 39.3 Å². The van der Waals surface area contributed by atoms with Crippen LogP contribution < -0.4 is 19.1 Å². The zero-order valence-corrected chi connectivity index (χ0v) is 17.2. The Morgan fingerprint density at radius 3 is 2.38 bits per heavy atom. The molecule has 1 aromatic heterocycles. The molecule has 0 atom stereocenters. The van der Waals surface area contributed by atoms with E-state index >= 15 is 0 Å². The zero-order chi connectivity index (χ0) is 21.0. The van der Waals surface area contributed by atoms with E-state index in [4.69, 9.17) is 18.6 Å². The maximum atomic E-state index is 12.8. The number of aromatic nitrogens is 1. The molecule has 7 nitrogen and oxygen atoms in total. The Balaban J connectivity index is 1.81. The van der Waals surface area contributed by atoms with Crippen LogP contribution in [0.2, 0.25) is 0 Å². The molecule has 1 heterocycles. The van der Waals surface area contributed by atoms with Crippen LogP contribution in [0.3, 0.4) is 0 Å². The number of anilines is 1. The SMILES string of the molecule is COc1ccc(N(C)C(=O)Cc2nc(-c3ccccc3OC)oc2C)cc1OC. The van der Waals surface area contributed by atoms with Crippen molar-refractivity contribution in [2.45, 2.75) is 13.3 Å². The smallest absolute Gasteiger partial charge is 0.232 e. The third kappa shape index (κ3) is 4.18. The summed E-state index contributed by atoms with van der Waals surface area (Å²) in [4.78, 5) is 18.9. The Bertz CT molecular complexity index is 1010. The highest BCUT2D eigenvalue weighted by Crippen LogP contribution is 2.32. The number of oxazole rings is 1. The second-order valence-electron chi connectivity index (χ2n) is 6.39. The summed E-state index contributed by atoms with van der Waals surface area (Å²) in [6.07, 6.45) is 0.106. The van der Waals surface area contributed by atoms with Crippen molar-refractivity contribution in [3.63, 3.8) is 0 Å². The molecule has 29 heavy (non-hydrogen) atoms. The summed E-state index contributed by atoms with van der Waals surface area (Å²) in [5.41, 5.74) is 2.02. The van der Waals surface area contributed by atoms with Crippen molar-refractivity contribution in [3.8, 4) is 28.7 Å². The number of nitrogens with zero attached hydrogens (tertiary/aromatic N) is 2. The van der Waals surface area contributed by atoms with Crippen LogP contribution >= 0.6 is 0 Å². The Kier molecular flexibility index (Phi) is 6.07. The number of hydrogen-bond donors (Lipinski definition) is 0. The molecule has 0 saturated carbocycles. The van der Waals surface area contributed by atoms with Gasteiger partial charge in [0.2, 0.25) is 11.8 Å². The van der Waals surface area contributed by atoms with Crippen LogP contribution in [0.25, 0.3) is 11.5 Å². The summed E-state index contributed by atoms with van der Waals surface area (Å²) in [5, 5.41) is 0. The minimum atomic E-state index is -0.125. The van der Waals surface area contributed by atoms with E-state index in [1.54, 1.807) is 58.4 Å². The van der Waals surface area contributed by atoms with E-state index in [1.807, 2.05) is 24.3 Å². The Hall–Kier alpha value is -3.48. The number of carbonyl (C=O) groups is 1. The fourth-order valence-electron chi connectivity index (χ4n) is 2.97. The van der Waals surface area contributed by atoms with Crippen LogP contribution in [0.4, 0.5) is 5.69 Å². The second kappa shape index (κ2) is 8.68. The molecule has 3 aromatic rings. The molecule has 0 bridgehead atoms. The van der Waals surface area contributed by atoms with Crippen molar-refractivity contribution in [1.82, 2.24) is 4.98 Å². The van der Waals surface area contributed by atoms with E-state index in [0.717, 1.165) is 5.56 Å². The molecule has 0 N–H and O–H groups in total. The summed E-state index contributed by atoms with van der Waals surface area (Å²) in [6.45, 7) is 1.80. The molecule has 0 radical (unpaired) electrons. The third-order valence-corrected chi connectivity index (χ3v) is 4.68. The number of para-hydroxylation sites is 1. The average Bonchev–Trinajstić information content (AvgIpc) is 3.12. The van der Waals surface area contributed by atoms with E-state index in [9.17, 15) is 4.79 Å². The van der Waals surface area contributed by atoms with Gasteiger partial charge in [-0.2, -0.15) is 0 Å². The molecule has 0 unspecified atom stereocenters. The lowest BCUT2D eigenvalue weighted by Crippen LogP contribution is -2.28. The summed E-state index contributed by atoms with van der Waals surface area (Å²) >= 11 is 0. The molecular weight excluding hydrogens is 372 g/mol. The van der Waals surface area contributed by atoms with Crippen molar-refractivity contribution < 1.29 is 23.4 Å². The molecule has 0 aliphatic rings. The second-order valence-corrected chi connectivity index (χ2v) is 6.39. The maximum Gasteiger partial charge on any atom is 0.232 e. The lowest BCUT2D eigenvalue weighted by atomic mass is 10.2. The summed E-state index contributed by atoms with van der Waals surface area (Å²) < 4.78 is 21.7. The summed E-state index contributed by atoms with van der Waals surface area (Å²) in [5.74, 6) is 2.72. The molecule has 0 fully saturated rings. The van der Waals surface area contributed by atoms with Crippen molar-refractivity contribution in [1.29, 1.82) is 0 Å². The number of hydrogen-bond acceptors (Lipinski definition) is 6. The van der Waals surface area contributed by atoms with Gasteiger partial charge in [0.25, 0.3) is 0 Å². The lowest BCUT2D eigenvalue weighted by molar-refractivity contribution is -0.117. The van der Waals surface area contributed by atoms with Crippen LogP contribution in [0.15, 0.2) is 46.9 Å².